The van der Waals surface area contributed by atoms with E-state index in [1.165, 1.54) is 4.90 Å². The van der Waals surface area contributed by atoms with E-state index in [0.717, 1.165) is 63.2 Å². The topological polar surface area (TPSA) is 55.8 Å². The molecule has 176 valence electrons. The van der Waals surface area contributed by atoms with E-state index in [0.29, 0.717) is 11.8 Å². The van der Waals surface area contributed by atoms with Gasteiger partial charge >= 0.3 is 0 Å². The monoisotopic (exact) mass is 568 g/mol. The van der Waals surface area contributed by atoms with E-state index in [2.05, 4.69) is 83.7 Å². The van der Waals surface area contributed by atoms with Gasteiger partial charge in [-0.25, -0.2) is 9.98 Å². The number of nitrogens with zero attached hydrogens (tertiary/aromatic N) is 4. The molecule has 1 aliphatic rings. The number of anilines is 1. The average molecular weight is 569 g/mol. The number of benzene rings is 1. The highest BCUT2D eigenvalue weighted by molar-refractivity contribution is 14.0. The van der Waals surface area contributed by atoms with Gasteiger partial charge in [0.25, 0.3) is 0 Å². The van der Waals surface area contributed by atoms with Crippen LogP contribution in [0.1, 0.15) is 26.3 Å². The Morgan fingerprint density at radius 3 is 2.44 bits per heavy atom. The first-order chi connectivity index (χ1) is 15.2. The van der Waals surface area contributed by atoms with Crippen LogP contribution in [0.3, 0.4) is 0 Å². The summed E-state index contributed by atoms with van der Waals surface area (Å²) in [6, 6.07) is 14.8. The van der Waals surface area contributed by atoms with Crippen LogP contribution in [-0.4, -0.2) is 66.9 Å². The highest BCUT2D eigenvalue weighted by Gasteiger charge is 2.16. The zero-order chi connectivity index (χ0) is 21.9. The van der Waals surface area contributed by atoms with E-state index in [1.54, 1.807) is 0 Å². The fourth-order valence-electron chi connectivity index (χ4n) is 3.52. The molecular weight excluding hydrogens is 531 g/mol. The molecule has 0 radical (unpaired) electrons. The number of aliphatic imine (C=N–C) groups is 1. The zero-order valence-corrected chi connectivity index (χ0v) is 22.6. The number of rotatable bonds is 9. The highest BCUT2D eigenvalue weighted by atomic mass is 127. The number of aromatic nitrogens is 1. The molecule has 0 amide bonds. The number of hydrogen-bond acceptors (Lipinski definition) is 5. The van der Waals surface area contributed by atoms with Gasteiger partial charge in [-0.15, -0.1) is 35.7 Å². The van der Waals surface area contributed by atoms with E-state index < -0.39 is 0 Å². The van der Waals surface area contributed by atoms with Crippen LogP contribution >= 0.6 is 35.7 Å². The zero-order valence-electron chi connectivity index (χ0n) is 19.5. The molecule has 8 heteroatoms. The second-order valence-corrected chi connectivity index (χ2v) is 9.28. The van der Waals surface area contributed by atoms with Crippen molar-refractivity contribution in [2.45, 2.75) is 37.5 Å². The van der Waals surface area contributed by atoms with Crippen LogP contribution < -0.4 is 15.5 Å². The smallest absolute Gasteiger partial charge is 0.191 e. The van der Waals surface area contributed by atoms with Gasteiger partial charge in [-0.2, -0.15) is 0 Å². The number of pyridine rings is 1. The van der Waals surface area contributed by atoms with Gasteiger partial charge < -0.3 is 20.4 Å². The summed E-state index contributed by atoms with van der Waals surface area (Å²) < 4.78 is 0. The van der Waals surface area contributed by atoms with Crippen molar-refractivity contribution in [1.82, 2.24) is 20.5 Å². The van der Waals surface area contributed by atoms with E-state index in [-0.39, 0.29) is 24.0 Å². The van der Waals surface area contributed by atoms with E-state index in [1.807, 2.05) is 18.0 Å². The first-order valence-corrected chi connectivity index (χ1v) is 12.2. The molecular formula is C24H37IN6S. The van der Waals surface area contributed by atoms with Crippen molar-refractivity contribution >= 4 is 47.5 Å². The molecule has 0 aliphatic carbocycles. The molecule has 1 fully saturated rings. The Balaban J connectivity index is 0.00000363. The number of guanidine groups is 1. The third kappa shape index (κ3) is 8.78. The number of piperazine rings is 1. The highest BCUT2D eigenvalue weighted by Crippen LogP contribution is 2.22. The lowest BCUT2D eigenvalue weighted by molar-refractivity contribution is 0.270. The molecule has 1 aliphatic heterocycles. The van der Waals surface area contributed by atoms with E-state index >= 15 is 0 Å². The standard InChI is InChI=1S/C24H36N6S.HI/c1-4-25-24(27-17-20(3)31-22-9-7-6-8-10-22)28-19-21-11-12-23(26-18-21)30-15-13-29(5-2)14-16-30;/h6-12,18,20H,4-5,13-17,19H2,1-3H3,(H2,25,27,28);1H. The maximum Gasteiger partial charge on any atom is 0.191 e. The summed E-state index contributed by atoms with van der Waals surface area (Å²) in [6.07, 6.45) is 1.96. The van der Waals surface area contributed by atoms with Gasteiger partial charge in [0.05, 0.1) is 6.54 Å². The van der Waals surface area contributed by atoms with Crippen molar-refractivity contribution in [3.8, 4) is 0 Å². The molecule has 6 nitrogen and oxygen atoms in total. The summed E-state index contributed by atoms with van der Waals surface area (Å²) in [4.78, 5) is 15.6. The second-order valence-electron chi connectivity index (χ2n) is 7.76. The molecule has 3 rings (SSSR count). The summed E-state index contributed by atoms with van der Waals surface area (Å²) in [6.45, 7) is 14.3. The Bertz CT molecular complexity index is 794. The predicted molar refractivity (Wildman–Crippen MR) is 149 cm³/mol. The van der Waals surface area contributed by atoms with Crippen molar-refractivity contribution in [3.63, 3.8) is 0 Å². The predicted octanol–water partition coefficient (Wildman–Crippen LogP) is 4.08. The van der Waals surface area contributed by atoms with Gasteiger partial charge in [-0.05, 0) is 37.2 Å². The molecule has 0 saturated carbocycles. The molecule has 1 saturated heterocycles. The van der Waals surface area contributed by atoms with Crippen molar-refractivity contribution in [2.24, 2.45) is 4.99 Å². The van der Waals surface area contributed by atoms with Gasteiger partial charge in [0, 0.05) is 55.6 Å². The first kappa shape index (κ1) is 26.7. The van der Waals surface area contributed by atoms with Crippen LogP contribution in [0.15, 0.2) is 58.5 Å². The fourth-order valence-corrected chi connectivity index (χ4v) is 4.46. The van der Waals surface area contributed by atoms with Crippen molar-refractivity contribution in [1.29, 1.82) is 0 Å². The number of hydrogen-bond donors (Lipinski definition) is 2. The second kappa shape index (κ2) is 14.6. The lowest BCUT2D eigenvalue weighted by Gasteiger charge is -2.34. The molecule has 0 bridgehead atoms. The third-order valence-corrected chi connectivity index (χ3v) is 6.47. The lowest BCUT2D eigenvalue weighted by atomic mass is 10.2. The van der Waals surface area contributed by atoms with Gasteiger partial charge in [0.15, 0.2) is 5.96 Å². The van der Waals surface area contributed by atoms with Crippen LogP contribution in [0.25, 0.3) is 0 Å². The molecule has 0 spiro atoms. The molecule has 2 heterocycles. The summed E-state index contributed by atoms with van der Waals surface area (Å²) in [7, 11) is 0. The molecule has 1 atom stereocenters. The lowest BCUT2D eigenvalue weighted by Crippen LogP contribution is -2.46. The SMILES string of the molecule is CCNC(=NCc1ccc(N2CCN(CC)CC2)nc1)NCC(C)Sc1ccccc1.I. The first-order valence-electron chi connectivity index (χ1n) is 11.3. The van der Waals surface area contributed by atoms with Crippen LogP contribution in [0.2, 0.25) is 0 Å². The number of halogens is 1. The Morgan fingerprint density at radius 2 is 1.81 bits per heavy atom. The van der Waals surface area contributed by atoms with Gasteiger partial charge in [0.1, 0.15) is 5.82 Å². The quantitative estimate of drug-likeness (QED) is 0.206. The Hall–Kier alpha value is -1.52. The van der Waals surface area contributed by atoms with Crippen molar-refractivity contribution in [3.05, 3.63) is 54.2 Å². The largest absolute Gasteiger partial charge is 0.357 e. The Labute approximate surface area is 214 Å². The maximum atomic E-state index is 4.75. The van der Waals surface area contributed by atoms with E-state index in [4.69, 9.17) is 9.98 Å². The van der Waals surface area contributed by atoms with Crippen LogP contribution in [0.5, 0.6) is 0 Å². The summed E-state index contributed by atoms with van der Waals surface area (Å²) >= 11 is 1.87. The minimum Gasteiger partial charge on any atom is -0.357 e. The fraction of sp³-hybridized carbons (Fsp3) is 0.500. The van der Waals surface area contributed by atoms with Gasteiger partial charge in [-0.1, -0.05) is 38.1 Å². The normalized spacial score (nSPS) is 15.7. The Morgan fingerprint density at radius 1 is 1.06 bits per heavy atom. The molecule has 1 aromatic carbocycles. The van der Waals surface area contributed by atoms with Crippen LogP contribution in [-0.2, 0) is 6.54 Å². The number of likely N-dealkylation sites (N-methyl/N-ethyl adjacent to an activating group) is 1. The molecule has 1 aromatic heterocycles. The molecule has 1 unspecified atom stereocenters. The summed E-state index contributed by atoms with van der Waals surface area (Å²) in [5.41, 5.74) is 1.12. The average Bonchev–Trinajstić information content (AvgIpc) is 2.82. The number of nitrogens with one attached hydrogen (secondary N) is 2. The summed E-state index contributed by atoms with van der Waals surface area (Å²) in [5.74, 6) is 1.92. The molecule has 2 aromatic rings. The van der Waals surface area contributed by atoms with E-state index in [9.17, 15) is 0 Å². The molecule has 32 heavy (non-hydrogen) atoms. The van der Waals surface area contributed by atoms with Crippen LogP contribution in [0, 0.1) is 0 Å². The van der Waals surface area contributed by atoms with Crippen molar-refractivity contribution < 1.29 is 0 Å². The maximum absolute atomic E-state index is 4.75. The molecule has 2 N–H and O–H groups in total. The Kier molecular flexibility index (Phi) is 12.2. The van der Waals surface area contributed by atoms with Crippen molar-refractivity contribution in [2.75, 3.05) is 50.7 Å². The third-order valence-electron chi connectivity index (χ3n) is 5.35. The minimum atomic E-state index is 0. The summed E-state index contributed by atoms with van der Waals surface area (Å²) in [5, 5.41) is 7.25. The minimum absolute atomic E-state index is 0. The van der Waals surface area contributed by atoms with Crippen LogP contribution in [0.4, 0.5) is 5.82 Å². The van der Waals surface area contributed by atoms with Gasteiger partial charge in [-0.3, -0.25) is 0 Å². The number of thioether (sulfide) groups is 1. The van der Waals surface area contributed by atoms with Gasteiger partial charge in [0.2, 0.25) is 0 Å².